The van der Waals surface area contributed by atoms with Gasteiger partial charge < -0.3 is 4.74 Å². The van der Waals surface area contributed by atoms with Crippen LogP contribution in [0.2, 0.25) is 0 Å². The fraction of sp³-hybridized carbons (Fsp3) is 0.929. The van der Waals surface area contributed by atoms with Crippen molar-refractivity contribution in [2.45, 2.75) is 64.7 Å². The molecule has 0 aliphatic carbocycles. The Balaban J connectivity index is 2.67. The van der Waals surface area contributed by atoms with Crippen LogP contribution in [-0.2, 0) is 9.53 Å². The summed E-state index contributed by atoms with van der Waals surface area (Å²) >= 11 is 0. The van der Waals surface area contributed by atoms with Gasteiger partial charge in [-0.3, -0.25) is 0 Å². The molecule has 0 amide bonds. The van der Waals surface area contributed by atoms with Crippen LogP contribution in [0.5, 0.6) is 0 Å². The van der Waals surface area contributed by atoms with Gasteiger partial charge in [0.15, 0.2) is 13.7 Å². The van der Waals surface area contributed by atoms with Crippen molar-refractivity contribution in [3.8, 4) is 0 Å². The summed E-state index contributed by atoms with van der Waals surface area (Å²) in [6.07, 6.45) is 2.12. The summed E-state index contributed by atoms with van der Waals surface area (Å²) in [6.45, 7) is 13.0. The number of hydrogen-bond donors (Lipinski definition) is 1. The molecule has 1 saturated heterocycles. The summed E-state index contributed by atoms with van der Waals surface area (Å²) in [4.78, 5) is 22.8. The van der Waals surface area contributed by atoms with Crippen molar-refractivity contribution in [1.82, 2.24) is 0 Å². The minimum absolute atomic E-state index is 0.139. The Kier molecular flexibility index (Phi) is 4.50. The van der Waals surface area contributed by atoms with Crippen molar-refractivity contribution < 1.29 is 14.4 Å². The third-order valence-corrected chi connectivity index (χ3v) is 10.4. The maximum absolute atomic E-state index is 11.9. The molecule has 106 valence electrons. The number of carbonyl (C=O) groups excluding carboxylic acids is 1. The summed E-state index contributed by atoms with van der Waals surface area (Å²) in [5, 5.41) is -0.277. The third-order valence-electron chi connectivity index (χ3n) is 5.15. The van der Waals surface area contributed by atoms with E-state index in [9.17, 15) is 9.69 Å². The molecule has 0 atom stereocenters. The van der Waals surface area contributed by atoms with E-state index in [-0.39, 0.29) is 22.4 Å². The molecule has 4 heteroatoms. The largest absolute Gasteiger partial charge is 0.463 e. The van der Waals surface area contributed by atoms with E-state index in [0.29, 0.717) is 12.5 Å². The summed E-state index contributed by atoms with van der Waals surface area (Å²) in [6, 6.07) is 0. The molecule has 0 aromatic carbocycles. The van der Waals surface area contributed by atoms with Crippen molar-refractivity contribution in [2.75, 3.05) is 12.8 Å². The van der Waals surface area contributed by atoms with Crippen LogP contribution in [0, 0.1) is 5.92 Å². The first-order valence-electron chi connectivity index (χ1n) is 6.88. The van der Waals surface area contributed by atoms with Gasteiger partial charge in [-0.25, -0.2) is 9.69 Å². The van der Waals surface area contributed by atoms with Crippen LogP contribution in [0.3, 0.4) is 0 Å². The molecule has 0 spiro atoms. The van der Waals surface area contributed by atoms with E-state index in [1.165, 1.54) is 0 Å². The molecule has 0 bridgehead atoms. The predicted molar refractivity (Wildman–Crippen MR) is 77.2 cm³/mol. The van der Waals surface area contributed by atoms with E-state index in [2.05, 4.69) is 41.5 Å². The molecule has 1 rings (SSSR count). The van der Waals surface area contributed by atoms with Gasteiger partial charge in [-0.05, 0) is 34.1 Å². The van der Waals surface area contributed by atoms with E-state index >= 15 is 0 Å². The number of carbonyl (C=O) groups is 1. The molecule has 1 heterocycles. The molecule has 1 aliphatic heterocycles. The second kappa shape index (κ2) is 5.09. The molecular weight excluding hydrogens is 247 g/mol. The molecular formula is C14H28O3P+. The van der Waals surface area contributed by atoms with Crippen molar-refractivity contribution in [2.24, 2.45) is 5.92 Å². The van der Waals surface area contributed by atoms with Crippen LogP contribution in [-0.4, -0.2) is 33.9 Å². The lowest BCUT2D eigenvalue weighted by molar-refractivity contribution is -0.140. The first-order valence-corrected chi connectivity index (χ1v) is 8.80. The maximum atomic E-state index is 11.9. The minimum atomic E-state index is -2.28. The van der Waals surface area contributed by atoms with Crippen LogP contribution >= 0.6 is 7.49 Å². The van der Waals surface area contributed by atoms with Gasteiger partial charge in [0.25, 0.3) is 0 Å². The van der Waals surface area contributed by atoms with E-state index in [1.807, 2.05) is 0 Å². The van der Waals surface area contributed by atoms with E-state index in [0.717, 1.165) is 12.8 Å². The molecule has 0 radical (unpaired) electrons. The van der Waals surface area contributed by atoms with Gasteiger partial charge in [-0.15, -0.1) is 0 Å². The topological polar surface area (TPSA) is 46.5 Å². The number of rotatable bonds is 5. The quantitative estimate of drug-likeness (QED) is 0.475. The smallest absolute Gasteiger partial charge is 0.346 e. The monoisotopic (exact) mass is 275 g/mol. The van der Waals surface area contributed by atoms with Gasteiger partial charge in [0.05, 0.1) is 6.61 Å². The minimum Gasteiger partial charge on any atom is -0.463 e. The highest BCUT2D eigenvalue weighted by Crippen LogP contribution is 2.87. The Morgan fingerprint density at radius 1 is 1.28 bits per heavy atom. The van der Waals surface area contributed by atoms with Crippen molar-refractivity contribution in [3.63, 3.8) is 0 Å². The van der Waals surface area contributed by atoms with Gasteiger partial charge in [-0.2, -0.15) is 0 Å². The van der Waals surface area contributed by atoms with E-state index in [1.54, 1.807) is 0 Å². The normalized spacial score (nSPS) is 32.7. The fourth-order valence-electron chi connectivity index (χ4n) is 3.15. The molecule has 3 nitrogen and oxygen atoms in total. The first kappa shape index (κ1) is 15.9. The Bertz CT molecular complexity index is 307. The van der Waals surface area contributed by atoms with Gasteiger partial charge in [0, 0.05) is 5.92 Å². The lowest BCUT2D eigenvalue weighted by atomic mass is 9.83. The fourth-order valence-corrected chi connectivity index (χ4v) is 7.64. The van der Waals surface area contributed by atoms with Crippen LogP contribution in [0.4, 0.5) is 0 Å². The Morgan fingerprint density at radius 2 is 1.78 bits per heavy atom. The van der Waals surface area contributed by atoms with Crippen molar-refractivity contribution in [1.29, 1.82) is 0 Å². The number of ether oxygens (including phenoxy) is 1. The van der Waals surface area contributed by atoms with E-state index in [4.69, 9.17) is 4.74 Å². The van der Waals surface area contributed by atoms with Crippen LogP contribution < -0.4 is 0 Å². The summed E-state index contributed by atoms with van der Waals surface area (Å²) in [5.74, 6) is 0.194. The lowest BCUT2D eigenvalue weighted by Gasteiger charge is -2.60. The van der Waals surface area contributed by atoms with Crippen molar-refractivity contribution in [3.05, 3.63) is 0 Å². The zero-order valence-electron chi connectivity index (χ0n) is 12.6. The zero-order chi connectivity index (χ0) is 14.2. The standard InChI is InChI=1S/C14H28O3P/c1-7-8-9-17-12(15)10-18(16)13(3,4)11(2)14(18,5)6/h11,16H,7-10H2,1-6H3/q+1. The summed E-state index contributed by atoms with van der Waals surface area (Å²) in [5.41, 5.74) is 0. The first-order chi connectivity index (χ1) is 8.11. The lowest BCUT2D eigenvalue weighted by Crippen LogP contribution is -2.62. The van der Waals surface area contributed by atoms with Crippen LogP contribution in [0.1, 0.15) is 54.4 Å². The molecule has 0 saturated carbocycles. The van der Waals surface area contributed by atoms with Gasteiger partial charge in [0.2, 0.25) is 0 Å². The molecule has 1 aliphatic rings. The number of unbranched alkanes of at least 4 members (excludes halogenated alkanes) is 1. The second-order valence-corrected chi connectivity index (χ2v) is 10.7. The highest BCUT2D eigenvalue weighted by molar-refractivity contribution is 7.75. The molecule has 0 aromatic rings. The second-order valence-electron chi connectivity index (χ2n) is 6.53. The molecule has 1 N–H and O–H groups in total. The SMILES string of the molecule is CCCCOC(=O)C[P+]1(O)C(C)(C)C(C)C1(C)C. The average Bonchev–Trinajstić information content (AvgIpc) is 2.27. The number of hydrogen-bond acceptors (Lipinski definition) is 3. The van der Waals surface area contributed by atoms with Gasteiger partial charge in [0.1, 0.15) is 10.3 Å². The zero-order valence-corrected chi connectivity index (χ0v) is 13.5. The predicted octanol–water partition coefficient (Wildman–Crippen LogP) is 3.46. The maximum Gasteiger partial charge on any atom is 0.346 e. The molecule has 0 aromatic heterocycles. The van der Waals surface area contributed by atoms with E-state index < -0.39 is 7.49 Å². The van der Waals surface area contributed by atoms with Crippen LogP contribution in [0.25, 0.3) is 0 Å². The molecule has 0 unspecified atom stereocenters. The van der Waals surface area contributed by atoms with Crippen molar-refractivity contribution >= 4 is 13.5 Å². The Hall–Kier alpha value is -0.140. The van der Waals surface area contributed by atoms with Gasteiger partial charge >= 0.3 is 5.97 Å². The molecule has 18 heavy (non-hydrogen) atoms. The Labute approximate surface area is 112 Å². The summed E-state index contributed by atoms with van der Waals surface area (Å²) in [7, 11) is -2.28. The van der Waals surface area contributed by atoms with Crippen LogP contribution in [0.15, 0.2) is 0 Å². The highest BCUT2D eigenvalue weighted by Gasteiger charge is 2.78. The van der Waals surface area contributed by atoms with Gasteiger partial charge in [-0.1, -0.05) is 20.3 Å². The number of esters is 1. The third kappa shape index (κ3) is 2.20. The summed E-state index contributed by atoms with van der Waals surface area (Å²) < 4.78 is 5.20. The molecule has 1 fully saturated rings. The highest BCUT2D eigenvalue weighted by atomic mass is 31.2. The average molecular weight is 275 g/mol. The Morgan fingerprint density at radius 3 is 2.22 bits per heavy atom.